The van der Waals surface area contributed by atoms with Crippen molar-refractivity contribution < 1.29 is 4.39 Å². The Labute approximate surface area is 109 Å². The van der Waals surface area contributed by atoms with Crippen LogP contribution < -0.4 is 0 Å². The van der Waals surface area contributed by atoms with Gasteiger partial charge in [0.1, 0.15) is 5.82 Å². The van der Waals surface area contributed by atoms with Gasteiger partial charge in [-0.3, -0.25) is 4.90 Å². The van der Waals surface area contributed by atoms with E-state index in [1.165, 1.54) is 12.1 Å². The SMILES string of the molecule is Fc1ccc(Cl)c(CN2CCC(Br)CC2)c1. The van der Waals surface area contributed by atoms with Gasteiger partial charge in [-0.15, -0.1) is 0 Å². The van der Waals surface area contributed by atoms with Gasteiger partial charge >= 0.3 is 0 Å². The molecule has 16 heavy (non-hydrogen) atoms. The van der Waals surface area contributed by atoms with Crippen molar-refractivity contribution in [3.05, 3.63) is 34.6 Å². The van der Waals surface area contributed by atoms with Crippen LogP contribution in [0.4, 0.5) is 4.39 Å². The van der Waals surface area contributed by atoms with Crippen LogP contribution in [0.3, 0.4) is 0 Å². The normalized spacial score (nSPS) is 18.9. The van der Waals surface area contributed by atoms with Crippen LogP contribution in [0.1, 0.15) is 18.4 Å². The van der Waals surface area contributed by atoms with Crippen LogP contribution in [0.5, 0.6) is 0 Å². The summed E-state index contributed by atoms with van der Waals surface area (Å²) in [5.41, 5.74) is 0.884. The minimum atomic E-state index is -0.213. The number of benzene rings is 1. The molecule has 0 atom stereocenters. The molecule has 0 bridgehead atoms. The van der Waals surface area contributed by atoms with Gasteiger partial charge in [0.25, 0.3) is 0 Å². The Morgan fingerprint density at radius 1 is 1.38 bits per heavy atom. The van der Waals surface area contributed by atoms with Gasteiger partial charge in [-0.25, -0.2) is 4.39 Å². The number of halogens is 3. The third-order valence-corrected chi connectivity index (χ3v) is 4.20. The zero-order valence-electron chi connectivity index (χ0n) is 8.93. The first-order chi connectivity index (χ1) is 7.65. The average molecular weight is 307 g/mol. The van der Waals surface area contributed by atoms with Crippen molar-refractivity contribution in [2.45, 2.75) is 24.2 Å². The van der Waals surface area contributed by atoms with Gasteiger partial charge in [0.2, 0.25) is 0 Å². The van der Waals surface area contributed by atoms with Crippen LogP contribution in [-0.2, 0) is 6.54 Å². The number of nitrogens with zero attached hydrogens (tertiary/aromatic N) is 1. The molecule has 0 aromatic heterocycles. The number of alkyl halides is 1. The number of rotatable bonds is 2. The van der Waals surface area contributed by atoms with Gasteiger partial charge in [0.15, 0.2) is 0 Å². The number of hydrogen-bond acceptors (Lipinski definition) is 1. The highest BCUT2D eigenvalue weighted by molar-refractivity contribution is 9.09. The van der Waals surface area contributed by atoms with Crippen molar-refractivity contribution in [1.82, 2.24) is 4.90 Å². The van der Waals surface area contributed by atoms with Crippen LogP contribution in [0, 0.1) is 5.82 Å². The van der Waals surface area contributed by atoms with Gasteiger partial charge in [-0.05, 0) is 49.7 Å². The van der Waals surface area contributed by atoms with E-state index < -0.39 is 0 Å². The van der Waals surface area contributed by atoms with Gasteiger partial charge < -0.3 is 0 Å². The molecule has 1 fully saturated rings. The van der Waals surface area contributed by atoms with Crippen molar-refractivity contribution in [2.24, 2.45) is 0 Å². The molecule has 0 amide bonds. The van der Waals surface area contributed by atoms with E-state index in [2.05, 4.69) is 20.8 Å². The highest BCUT2D eigenvalue weighted by Crippen LogP contribution is 2.23. The molecule has 0 aliphatic carbocycles. The van der Waals surface area contributed by atoms with Crippen molar-refractivity contribution >= 4 is 27.5 Å². The summed E-state index contributed by atoms with van der Waals surface area (Å²) in [6, 6.07) is 4.56. The Morgan fingerprint density at radius 2 is 2.06 bits per heavy atom. The van der Waals surface area contributed by atoms with Gasteiger partial charge in [-0.1, -0.05) is 27.5 Å². The highest BCUT2D eigenvalue weighted by Gasteiger charge is 2.17. The molecule has 1 saturated heterocycles. The van der Waals surface area contributed by atoms with E-state index in [4.69, 9.17) is 11.6 Å². The second kappa shape index (κ2) is 5.48. The first kappa shape index (κ1) is 12.3. The molecule has 2 rings (SSSR count). The summed E-state index contributed by atoms with van der Waals surface area (Å²) in [5.74, 6) is -0.213. The standard InChI is InChI=1S/C12H14BrClFN/c13-10-3-5-16(6-4-10)8-9-7-11(15)1-2-12(9)14/h1-2,7,10H,3-6,8H2. The first-order valence-corrected chi connectivity index (χ1v) is 6.75. The van der Waals surface area contributed by atoms with Gasteiger partial charge in [-0.2, -0.15) is 0 Å². The molecule has 1 aromatic rings. The van der Waals surface area contributed by atoms with Crippen molar-refractivity contribution in [2.75, 3.05) is 13.1 Å². The van der Waals surface area contributed by atoms with Crippen LogP contribution in [-0.4, -0.2) is 22.8 Å². The third kappa shape index (κ3) is 3.19. The second-order valence-corrected chi connectivity index (χ2v) is 5.89. The minimum absolute atomic E-state index is 0.213. The Hall–Kier alpha value is -0.120. The first-order valence-electron chi connectivity index (χ1n) is 5.45. The molecular formula is C12H14BrClFN. The van der Waals surface area contributed by atoms with E-state index in [1.807, 2.05) is 0 Å². The number of hydrogen-bond donors (Lipinski definition) is 0. The maximum atomic E-state index is 13.1. The fraction of sp³-hybridized carbons (Fsp3) is 0.500. The summed E-state index contributed by atoms with van der Waals surface area (Å²) in [6.07, 6.45) is 2.29. The van der Waals surface area contributed by atoms with E-state index >= 15 is 0 Å². The molecule has 1 aromatic carbocycles. The minimum Gasteiger partial charge on any atom is -0.299 e. The van der Waals surface area contributed by atoms with Crippen molar-refractivity contribution in [1.29, 1.82) is 0 Å². The molecular weight excluding hydrogens is 292 g/mol. The van der Waals surface area contributed by atoms with Crippen LogP contribution in [0.25, 0.3) is 0 Å². The van der Waals surface area contributed by atoms with Crippen LogP contribution in [0.2, 0.25) is 5.02 Å². The summed E-state index contributed by atoms with van der Waals surface area (Å²) in [6.45, 7) is 2.84. The molecule has 0 unspecified atom stereocenters. The summed E-state index contributed by atoms with van der Waals surface area (Å²) < 4.78 is 13.1. The molecule has 88 valence electrons. The largest absolute Gasteiger partial charge is 0.299 e. The lowest BCUT2D eigenvalue weighted by molar-refractivity contribution is 0.226. The zero-order valence-corrected chi connectivity index (χ0v) is 11.3. The topological polar surface area (TPSA) is 3.24 Å². The highest BCUT2D eigenvalue weighted by atomic mass is 79.9. The summed E-state index contributed by atoms with van der Waals surface area (Å²) in [5, 5.41) is 0.655. The molecule has 1 aliphatic heterocycles. The predicted molar refractivity (Wildman–Crippen MR) is 68.6 cm³/mol. The van der Waals surface area contributed by atoms with E-state index in [9.17, 15) is 4.39 Å². The molecule has 0 saturated carbocycles. The summed E-state index contributed by atoms with van der Waals surface area (Å²) >= 11 is 9.66. The molecule has 0 N–H and O–H groups in total. The second-order valence-electron chi connectivity index (χ2n) is 4.19. The van der Waals surface area contributed by atoms with E-state index in [0.717, 1.165) is 38.0 Å². The molecule has 4 heteroatoms. The third-order valence-electron chi connectivity index (χ3n) is 2.92. The van der Waals surface area contributed by atoms with E-state index in [0.29, 0.717) is 9.85 Å². The van der Waals surface area contributed by atoms with E-state index in [-0.39, 0.29) is 5.82 Å². The lowest BCUT2D eigenvalue weighted by atomic mass is 10.1. The van der Waals surface area contributed by atoms with Gasteiger partial charge in [0.05, 0.1) is 0 Å². The lowest BCUT2D eigenvalue weighted by Crippen LogP contribution is -2.33. The number of piperidine rings is 1. The Balaban J connectivity index is 2.00. The molecule has 1 nitrogen and oxygen atoms in total. The Morgan fingerprint density at radius 3 is 2.75 bits per heavy atom. The van der Waals surface area contributed by atoms with Crippen LogP contribution >= 0.6 is 27.5 Å². The molecule has 1 aliphatic rings. The molecule has 1 heterocycles. The fourth-order valence-electron chi connectivity index (χ4n) is 1.96. The molecule has 0 spiro atoms. The zero-order chi connectivity index (χ0) is 11.5. The monoisotopic (exact) mass is 305 g/mol. The lowest BCUT2D eigenvalue weighted by Gasteiger charge is -2.29. The average Bonchev–Trinajstić information content (AvgIpc) is 2.27. The quantitative estimate of drug-likeness (QED) is 0.751. The Kier molecular flexibility index (Phi) is 4.22. The number of likely N-dealkylation sites (tertiary alicyclic amines) is 1. The smallest absolute Gasteiger partial charge is 0.123 e. The van der Waals surface area contributed by atoms with E-state index in [1.54, 1.807) is 6.07 Å². The maximum absolute atomic E-state index is 13.1. The Bertz CT molecular complexity index is 364. The maximum Gasteiger partial charge on any atom is 0.123 e. The predicted octanol–water partition coefficient (Wildman–Crippen LogP) is 3.84. The van der Waals surface area contributed by atoms with Crippen molar-refractivity contribution in [3.63, 3.8) is 0 Å². The fourth-order valence-corrected chi connectivity index (χ4v) is 2.55. The van der Waals surface area contributed by atoms with Crippen molar-refractivity contribution in [3.8, 4) is 0 Å². The van der Waals surface area contributed by atoms with Gasteiger partial charge in [0, 0.05) is 16.4 Å². The summed E-state index contributed by atoms with van der Waals surface area (Å²) in [7, 11) is 0. The summed E-state index contributed by atoms with van der Waals surface area (Å²) in [4.78, 5) is 2.95. The van der Waals surface area contributed by atoms with Crippen LogP contribution in [0.15, 0.2) is 18.2 Å². The molecule has 0 radical (unpaired) electrons.